The van der Waals surface area contributed by atoms with Crippen LogP contribution in [0.25, 0.3) is 0 Å². The van der Waals surface area contributed by atoms with E-state index in [1.54, 1.807) is 12.1 Å². The minimum Gasteiger partial charge on any atom is -0.267 e. The van der Waals surface area contributed by atoms with E-state index in [2.05, 4.69) is 26.5 Å². The van der Waals surface area contributed by atoms with E-state index in [9.17, 15) is 4.79 Å². The predicted molar refractivity (Wildman–Crippen MR) is 90.3 cm³/mol. The van der Waals surface area contributed by atoms with Gasteiger partial charge in [0.2, 0.25) is 0 Å². The van der Waals surface area contributed by atoms with Crippen LogP contribution in [0, 0.1) is 0 Å². The molecular formula is C15H11BrCl2N2O. The SMILES string of the molecule is CC(=NNC(=O)c1ccc(Cl)cc1Cl)c1ccc(Br)cc1. The number of hydrogen-bond donors (Lipinski definition) is 1. The zero-order valence-corrected chi connectivity index (χ0v) is 14.1. The molecule has 1 N–H and O–H groups in total. The molecule has 0 fully saturated rings. The number of halogens is 3. The minimum atomic E-state index is -0.381. The summed E-state index contributed by atoms with van der Waals surface area (Å²) >= 11 is 15.1. The standard InChI is InChI=1S/C15H11BrCl2N2O/c1-9(10-2-4-11(16)5-3-10)19-20-15(21)13-7-6-12(17)8-14(13)18/h2-8H,1H3,(H,20,21). The van der Waals surface area contributed by atoms with Crippen molar-refractivity contribution in [1.29, 1.82) is 0 Å². The second kappa shape index (κ2) is 7.07. The minimum absolute atomic E-state index is 0.288. The molecule has 2 aromatic carbocycles. The number of nitrogens with one attached hydrogen (secondary N) is 1. The van der Waals surface area contributed by atoms with Gasteiger partial charge in [-0.1, -0.05) is 51.3 Å². The third-order valence-electron chi connectivity index (χ3n) is 2.76. The molecule has 0 heterocycles. The summed E-state index contributed by atoms with van der Waals surface area (Å²) in [4.78, 5) is 12.0. The summed E-state index contributed by atoms with van der Waals surface area (Å²) in [6, 6.07) is 12.3. The Balaban J connectivity index is 2.12. The van der Waals surface area contributed by atoms with Gasteiger partial charge in [-0.05, 0) is 42.8 Å². The smallest absolute Gasteiger partial charge is 0.267 e. The molecule has 0 aliphatic heterocycles. The van der Waals surface area contributed by atoms with Crippen molar-refractivity contribution in [3.05, 3.63) is 68.1 Å². The first-order valence-corrected chi connectivity index (χ1v) is 7.58. The molecule has 0 spiro atoms. The topological polar surface area (TPSA) is 41.5 Å². The molecule has 3 nitrogen and oxygen atoms in total. The lowest BCUT2D eigenvalue weighted by molar-refractivity contribution is 0.0955. The van der Waals surface area contributed by atoms with Crippen LogP contribution < -0.4 is 5.43 Å². The third kappa shape index (κ3) is 4.30. The number of carbonyl (C=O) groups excluding carboxylic acids is 1. The highest BCUT2D eigenvalue weighted by molar-refractivity contribution is 9.10. The van der Waals surface area contributed by atoms with Crippen molar-refractivity contribution in [2.75, 3.05) is 0 Å². The molecule has 0 aromatic heterocycles. The van der Waals surface area contributed by atoms with Crippen LogP contribution in [-0.2, 0) is 0 Å². The maximum absolute atomic E-state index is 12.0. The first kappa shape index (κ1) is 16.0. The number of nitrogens with zero attached hydrogens (tertiary/aromatic N) is 1. The second-order valence-corrected chi connectivity index (χ2v) is 6.03. The van der Waals surface area contributed by atoms with Crippen LogP contribution in [0.4, 0.5) is 0 Å². The fraction of sp³-hybridized carbons (Fsp3) is 0.0667. The molecule has 2 rings (SSSR count). The van der Waals surface area contributed by atoms with Crippen molar-refractivity contribution in [2.45, 2.75) is 6.92 Å². The van der Waals surface area contributed by atoms with E-state index in [-0.39, 0.29) is 10.9 Å². The van der Waals surface area contributed by atoms with Gasteiger partial charge in [0.1, 0.15) is 0 Å². The molecule has 0 aliphatic rings. The normalized spacial score (nSPS) is 11.3. The highest BCUT2D eigenvalue weighted by Crippen LogP contribution is 2.20. The molecule has 21 heavy (non-hydrogen) atoms. The lowest BCUT2D eigenvalue weighted by Gasteiger charge is -2.05. The first-order chi connectivity index (χ1) is 9.97. The molecule has 0 saturated carbocycles. The van der Waals surface area contributed by atoms with Crippen LogP contribution in [0.15, 0.2) is 52.0 Å². The van der Waals surface area contributed by atoms with Crippen LogP contribution in [0.5, 0.6) is 0 Å². The van der Waals surface area contributed by atoms with Gasteiger partial charge >= 0.3 is 0 Å². The van der Waals surface area contributed by atoms with Gasteiger partial charge in [-0.15, -0.1) is 0 Å². The van der Waals surface area contributed by atoms with Gasteiger partial charge in [0, 0.05) is 9.50 Å². The van der Waals surface area contributed by atoms with Crippen molar-refractivity contribution in [2.24, 2.45) is 5.10 Å². The number of amides is 1. The van der Waals surface area contributed by atoms with E-state index >= 15 is 0 Å². The van der Waals surface area contributed by atoms with Crippen LogP contribution in [0.3, 0.4) is 0 Å². The van der Waals surface area contributed by atoms with Gasteiger partial charge < -0.3 is 0 Å². The van der Waals surface area contributed by atoms with E-state index < -0.39 is 0 Å². The van der Waals surface area contributed by atoms with E-state index in [4.69, 9.17) is 23.2 Å². The Morgan fingerprint density at radius 3 is 2.43 bits per heavy atom. The molecule has 1 amide bonds. The maximum atomic E-state index is 12.0. The van der Waals surface area contributed by atoms with Crippen LogP contribution in [-0.4, -0.2) is 11.6 Å². The van der Waals surface area contributed by atoms with Gasteiger partial charge in [0.05, 0.1) is 16.3 Å². The average molecular weight is 386 g/mol. The molecule has 2 aromatic rings. The number of hydrazone groups is 1. The highest BCUT2D eigenvalue weighted by Gasteiger charge is 2.10. The average Bonchev–Trinajstić information content (AvgIpc) is 2.45. The van der Waals surface area contributed by atoms with Crippen LogP contribution in [0.1, 0.15) is 22.8 Å². The summed E-state index contributed by atoms with van der Waals surface area (Å²) in [6.07, 6.45) is 0. The molecule has 6 heteroatoms. The number of carbonyl (C=O) groups is 1. The zero-order valence-electron chi connectivity index (χ0n) is 11.0. The zero-order chi connectivity index (χ0) is 15.4. The van der Waals surface area contributed by atoms with Crippen LogP contribution >= 0.6 is 39.1 Å². The van der Waals surface area contributed by atoms with Crippen LogP contribution in [0.2, 0.25) is 10.0 Å². The third-order valence-corrected chi connectivity index (χ3v) is 3.84. The Labute approximate surface area is 141 Å². The molecule has 0 aliphatic carbocycles. The van der Waals surface area contributed by atoms with Crippen molar-refractivity contribution < 1.29 is 4.79 Å². The van der Waals surface area contributed by atoms with Gasteiger partial charge in [-0.25, -0.2) is 5.43 Å². The Hall–Kier alpha value is -1.36. The number of hydrogen-bond acceptors (Lipinski definition) is 2. The van der Waals surface area contributed by atoms with Gasteiger partial charge in [0.15, 0.2) is 0 Å². The van der Waals surface area contributed by atoms with Crippen molar-refractivity contribution in [3.63, 3.8) is 0 Å². The Kier molecular flexibility index (Phi) is 5.39. The molecule has 0 unspecified atom stereocenters. The summed E-state index contributed by atoms with van der Waals surface area (Å²) in [5.74, 6) is -0.381. The molecule has 0 saturated heterocycles. The fourth-order valence-electron chi connectivity index (χ4n) is 1.62. The monoisotopic (exact) mass is 384 g/mol. The lowest BCUT2D eigenvalue weighted by Crippen LogP contribution is -2.19. The van der Waals surface area contributed by atoms with E-state index in [0.29, 0.717) is 16.3 Å². The molecule has 0 bridgehead atoms. The van der Waals surface area contributed by atoms with Crippen molar-refractivity contribution in [3.8, 4) is 0 Å². The fourth-order valence-corrected chi connectivity index (χ4v) is 2.38. The quantitative estimate of drug-likeness (QED) is 0.591. The highest BCUT2D eigenvalue weighted by atomic mass is 79.9. The largest absolute Gasteiger partial charge is 0.272 e. The molecule has 0 radical (unpaired) electrons. The lowest BCUT2D eigenvalue weighted by atomic mass is 10.1. The van der Waals surface area contributed by atoms with Gasteiger partial charge in [-0.2, -0.15) is 5.10 Å². The Bertz CT molecular complexity index is 699. The van der Waals surface area contributed by atoms with Crippen molar-refractivity contribution >= 4 is 50.8 Å². The molecule has 108 valence electrons. The summed E-state index contributed by atoms with van der Waals surface area (Å²) in [6.45, 7) is 1.81. The Morgan fingerprint density at radius 2 is 1.81 bits per heavy atom. The van der Waals surface area contributed by atoms with E-state index in [1.165, 1.54) is 6.07 Å². The molecule has 0 atom stereocenters. The summed E-state index contributed by atoms with van der Waals surface area (Å²) < 4.78 is 0.982. The predicted octanol–water partition coefficient (Wildman–Crippen LogP) is 4.91. The van der Waals surface area contributed by atoms with E-state index in [1.807, 2.05) is 31.2 Å². The van der Waals surface area contributed by atoms with Crippen molar-refractivity contribution in [1.82, 2.24) is 5.43 Å². The summed E-state index contributed by atoms with van der Waals surface area (Å²) in [7, 11) is 0. The Morgan fingerprint density at radius 1 is 1.14 bits per heavy atom. The van der Waals surface area contributed by atoms with Gasteiger partial charge in [-0.3, -0.25) is 4.79 Å². The number of rotatable bonds is 3. The second-order valence-electron chi connectivity index (χ2n) is 4.27. The summed E-state index contributed by atoms with van der Waals surface area (Å²) in [5.41, 5.74) is 4.42. The summed E-state index contributed by atoms with van der Waals surface area (Å²) in [5, 5.41) is 4.84. The van der Waals surface area contributed by atoms with Gasteiger partial charge in [0.25, 0.3) is 5.91 Å². The maximum Gasteiger partial charge on any atom is 0.272 e. The van der Waals surface area contributed by atoms with E-state index in [0.717, 1.165) is 10.0 Å². The molecular weight excluding hydrogens is 375 g/mol. The number of benzene rings is 2. The first-order valence-electron chi connectivity index (χ1n) is 6.03.